The van der Waals surface area contributed by atoms with Crippen molar-refractivity contribution < 1.29 is 9.59 Å². The van der Waals surface area contributed by atoms with Crippen molar-refractivity contribution in [3.05, 3.63) is 72.3 Å². The molecule has 6 nitrogen and oxygen atoms in total. The van der Waals surface area contributed by atoms with Gasteiger partial charge >= 0.3 is 0 Å². The number of pyridine rings is 1. The Hall–Kier alpha value is -3.15. The van der Waals surface area contributed by atoms with Gasteiger partial charge < -0.3 is 14.2 Å². The van der Waals surface area contributed by atoms with Crippen LogP contribution in [0.2, 0.25) is 0 Å². The Morgan fingerprint density at radius 3 is 2.72 bits per heavy atom. The average molecular weight is 388 g/mol. The van der Waals surface area contributed by atoms with Crippen LogP contribution >= 0.6 is 0 Å². The van der Waals surface area contributed by atoms with Crippen LogP contribution in [0.1, 0.15) is 41.1 Å². The summed E-state index contributed by atoms with van der Waals surface area (Å²) in [6.07, 6.45) is 7.70. The summed E-state index contributed by atoms with van der Waals surface area (Å²) in [5.41, 5.74) is 2.73. The minimum absolute atomic E-state index is 0.0132. The highest BCUT2D eigenvalue weighted by Crippen LogP contribution is 2.34. The van der Waals surface area contributed by atoms with Crippen molar-refractivity contribution in [1.82, 2.24) is 19.2 Å². The van der Waals surface area contributed by atoms with E-state index in [1.54, 1.807) is 12.5 Å². The van der Waals surface area contributed by atoms with Gasteiger partial charge in [0.05, 0.1) is 29.6 Å². The van der Waals surface area contributed by atoms with Gasteiger partial charge in [-0.15, -0.1) is 0 Å². The topological polar surface area (TPSA) is 57.9 Å². The number of amides is 2. The number of aromatic nitrogens is 2. The number of likely N-dealkylation sites (tertiary alicyclic amines) is 2. The van der Waals surface area contributed by atoms with Crippen LogP contribution in [-0.4, -0.2) is 56.7 Å². The highest BCUT2D eigenvalue weighted by atomic mass is 16.2. The Labute approximate surface area is 169 Å². The highest BCUT2D eigenvalue weighted by Gasteiger charge is 2.39. The SMILES string of the molecule is O=C(c1cccn2cncc12)N1CC[C@@H](c2ccccc2)[C@H](N2CCCC2=O)C1. The molecule has 0 spiro atoms. The molecule has 1 aromatic carbocycles. The lowest BCUT2D eigenvalue weighted by atomic mass is 9.84. The van der Waals surface area contributed by atoms with Crippen molar-refractivity contribution in [2.24, 2.45) is 0 Å². The molecule has 6 heteroatoms. The van der Waals surface area contributed by atoms with E-state index in [0.717, 1.165) is 24.9 Å². The lowest BCUT2D eigenvalue weighted by molar-refractivity contribution is -0.131. The minimum Gasteiger partial charge on any atom is -0.337 e. The Morgan fingerprint density at radius 1 is 1.07 bits per heavy atom. The average Bonchev–Trinajstić information content (AvgIpc) is 3.42. The number of rotatable bonds is 3. The van der Waals surface area contributed by atoms with Gasteiger partial charge in [0, 0.05) is 38.2 Å². The first-order chi connectivity index (χ1) is 14.2. The maximum absolute atomic E-state index is 13.4. The first kappa shape index (κ1) is 17.9. The predicted molar refractivity (Wildman–Crippen MR) is 110 cm³/mol. The molecule has 29 heavy (non-hydrogen) atoms. The smallest absolute Gasteiger partial charge is 0.256 e. The molecule has 0 aliphatic carbocycles. The van der Waals surface area contributed by atoms with Gasteiger partial charge in [-0.2, -0.15) is 0 Å². The molecule has 0 saturated carbocycles. The van der Waals surface area contributed by atoms with Crippen molar-refractivity contribution >= 4 is 17.3 Å². The summed E-state index contributed by atoms with van der Waals surface area (Å²) in [4.78, 5) is 34.0. The molecule has 4 heterocycles. The predicted octanol–water partition coefficient (Wildman–Crippen LogP) is 2.96. The monoisotopic (exact) mass is 388 g/mol. The van der Waals surface area contributed by atoms with E-state index in [1.807, 2.05) is 38.6 Å². The summed E-state index contributed by atoms with van der Waals surface area (Å²) in [7, 11) is 0. The zero-order valence-corrected chi connectivity index (χ0v) is 16.3. The van der Waals surface area contributed by atoms with Crippen molar-refractivity contribution in [1.29, 1.82) is 0 Å². The zero-order chi connectivity index (χ0) is 19.8. The molecule has 0 radical (unpaired) electrons. The number of carbonyl (C=O) groups excluding carboxylic acids is 2. The molecule has 2 aromatic heterocycles. The molecule has 0 bridgehead atoms. The second-order valence-electron chi connectivity index (χ2n) is 7.92. The number of piperidine rings is 1. The second kappa shape index (κ2) is 7.35. The summed E-state index contributed by atoms with van der Waals surface area (Å²) < 4.78 is 1.87. The third-order valence-corrected chi connectivity index (χ3v) is 6.29. The van der Waals surface area contributed by atoms with Gasteiger partial charge in [-0.25, -0.2) is 4.98 Å². The Bertz CT molecular complexity index is 1050. The number of carbonyl (C=O) groups is 2. The minimum atomic E-state index is 0.0132. The first-order valence-corrected chi connectivity index (χ1v) is 10.3. The van der Waals surface area contributed by atoms with E-state index in [4.69, 9.17) is 0 Å². The number of hydrogen-bond donors (Lipinski definition) is 0. The number of nitrogens with zero attached hydrogens (tertiary/aromatic N) is 4. The van der Waals surface area contributed by atoms with Crippen LogP contribution in [0, 0.1) is 0 Å². The molecule has 2 aliphatic heterocycles. The van der Waals surface area contributed by atoms with Gasteiger partial charge in [-0.1, -0.05) is 30.3 Å². The molecule has 2 amide bonds. The molecule has 148 valence electrons. The van der Waals surface area contributed by atoms with E-state index in [2.05, 4.69) is 29.2 Å². The second-order valence-corrected chi connectivity index (χ2v) is 7.92. The molecule has 5 rings (SSSR count). The number of benzene rings is 1. The Kier molecular flexibility index (Phi) is 4.54. The third-order valence-electron chi connectivity index (χ3n) is 6.29. The molecule has 2 aliphatic rings. The standard InChI is InChI=1S/C23H24N4O2/c28-22-9-5-12-27(22)21-15-25(13-10-18(21)17-6-2-1-3-7-17)23(29)19-8-4-11-26-16-24-14-20(19)26/h1-4,6-8,11,14,16,18,21H,5,9-10,12-13,15H2/t18-,21+/m0/s1. The van der Waals surface area contributed by atoms with E-state index in [9.17, 15) is 9.59 Å². The fraction of sp³-hybridized carbons (Fsp3) is 0.348. The van der Waals surface area contributed by atoms with Gasteiger partial charge in [-0.3, -0.25) is 9.59 Å². The van der Waals surface area contributed by atoms with Gasteiger partial charge in [0.2, 0.25) is 5.91 Å². The van der Waals surface area contributed by atoms with Gasteiger partial charge in [0.15, 0.2) is 0 Å². The van der Waals surface area contributed by atoms with E-state index in [0.29, 0.717) is 25.1 Å². The Morgan fingerprint density at radius 2 is 1.93 bits per heavy atom. The summed E-state index contributed by atoms with van der Waals surface area (Å²) >= 11 is 0. The number of fused-ring (bicyclic) bond motifs is 1. The third kappa shape index (κ3) is 3.18. The lowest BCUT2D eigenvalue weighted by Crippen LogP contribution is -2.53. The van der Waals surface area contributed by atoms with Crippen molar-refractivity contribution in [3.63, 3.8) is 0 Å². The van der Waals surface area contributed by atoms with Crippen LogP contribution in [0.3, 0.4) is 0 Å². The maximum atomic E-state index is 13.4. The van der Waals surface area contributed by atoms with E-state index in [1.165, 1.54) is 5.56 Å². The van der Waals surface area contributed by atoms with E-state index < -0.39 is 0 Å². The van der Waals surface area contributed by atoms with Crippen LogP contribution in [0.5, 0.6) is 0 Å². The molecular formula is C23H24N4O2. The molecule has 0 unspecified atom stereocenters. The van der Waals surface area contributed by atoms with Crippen LogP contribution in [0.15, 0.2) is 61.2 Å². The molecule has 2 atom stereocenters. The highest BCUT2D eigenvalue weighted by molar-refractivity contribution is 6.00. The lowest BCUT2D eigenvalue weighted by Gasteiger charge is -2.43. The van der Waals surface area contributed by atoms with Crippen molar-refractivity contribution in [2.75, 3.05) is 19.6 Å². The van der Waals surface area contributed by atoms with Gasteiger partial charge in [0.25, 0.3) is 5.91 Å². The largest absolute Gasteiger partial charge is 0.337 e. The normalized spacial score (nSPS) is 22.4. The summed E-state index contributed by atoms with van der Waals surface area (Å²) in [5.74, 6) is 0.482. The quantitative estimate of drug-likeness (QED) is 0.693. The van der Waals surface area contributed by atoms with Crippen LogP contribution in [-0.2, 0) is 4.79 Å². The molecule has 2 saturated heterocycles. The fourth-order valence-corrected chi connectivity index (χ4v) is 4.84. The Balaban J connectivity index is 1.45. The van der Waals surface area contributed by atoms with Gasteiger partial charge in [-0.05, 0) is 30.5 Å². The van der Waals surface area contributed by atoms with E-state index in [-0.39, 0.29) is 23.8 Å². The number of imidazole rings is 1. The van der Waals surface area contributed by atoms with Crippen molar-refractivity contribution in [3.8, 4) is 0 Å². The molecule has 3 aromatic rings. The van der Waals surface area contributed by atoms with Gasteiger partial charge in [0.1, 0.15) is 0 Å². The summed E-state index contributed by atoms with van der Waals surface area (Å²) in [6.45, 7) is 2.04. The summed E-state index contributed by atoms with van der Waals surface area (Å²) in [6, 6.07) is 14.2. The van der Waals surface area contributed by atoms with E-state index >= 15 is 0 Å². The van der Waals surface area contributed by atoms with Crippen LogP contribution < -0.4 is 0 Å². The van der Waals surface area contributed by atoms with Crippen LogP contribution in [0.4, 0.5) is 0 Å². The molecule has 2 fully saturated rings. The summed E-state index contributed by atoms with van der Waals surface area (Å²) in [5, 5.41) is 0. The zero-order valence-electron chi connectivity index (χ0n) is 16.3. The molecule has 0 N–H and O–H groups in total. The fourth-order valence-electron chi connectivity index (χ4n) is 4.84. The first-order valence-electron chi connectivity index (χ1n) is 10.3. The molecular weight excluding hydrogens is 364 g/mol. The van der Waals surface area contributed by atoms with Crippen LogP contribution in [0.25, 0.3) is 5.52 Å². The maximum Gasteiger partial charge on any atom is 0.256 e. The van der Waals surface area contributed by atoms with Crippen molar-refractivity contribution in [2.45, 2.75) is 31.2 Å². The number of hydrogen-bond acceptors (Lipinski definition) is 3.